The summed E-state index contributed by atoms with van der Waals surface area (Å²) in [5, 5.41) is 10.6. The molecule has 17 nitrogen and oxygen atoms in total. The van der Waals surface area contributed by atoms with Crippen LogP contribution in [-0.2, 0) is 65.4 Å². The SMILES string of the molecule is CC/C=C\C/C=C\C/C=C\C/C=C\C/C=C\CC(=O)OCC(COP(=O)(O)OCC(O)COP(=O)(O)OCC(COC(=O)CCCCCCCC/C=C\C/C=C\C/C=C\CCCCC)OC(=O)CCCC/C=C\C/C=C\C/C=C\C/C=C\CC)OC(=O)CCCCCCC/C=C\C/C=C\CCC. The number of phosphoric ester groups is 2. The Morgan fingerprint density at radius 1 is 0.294 bits per heavy atom. The first-order valence-electron chi connectivity index (χ1n) is 38.4. The maximum absolute atomic E-state index is 13.1. The number of rotatable bonds is 70. The average Bonchev–Trinajstić information content (AvgIpc) is 0.909. The third-order valence-electron chi connectivity index (χ3n) is 15.2. The summed E-state index contributed by atoms with van der Waals surface area (Å²) >= 11 is 0. The Labute approximate surface area is 616 Å². The highest BCUT2D eigenvalue weighted by atomic mass is 31.2. The predicted octanol–water partition coefficient (Wildman–Crippen LogP) is 22.2. The maximum atomic E-state index is 13.1. The van der Waals surface area contributed by atoms with Crippen LogP contribution in [0.25, 0.3) is 0 Å². The number of ether oxygens (including phenoxy) is 4. The molecule has 578 valence electrons. The van der Waals surface area contributed by atoms with E-state index < -0.39 is 97.5 Å². The van der Waals surface area contributed by atoms with Crippen molar-refractivity contribution >= 4 is 39.5 Å². The van der Waals surface area contributed by atoms with E-state index in [1.165, 1.54) is 19.3 Å². The van der Waals surface area contributed by atoms with Gasteiger partial charge in [0.05, 0.1) is 32.8 Å². The second kappa shape index (κ2) is 73.7. The molecule has 0 aliphatic heterocycles. The molecule has 0 aromatic rings. The van der Waals surface area contributed by atoms with E-state index in [1.807, 2.05) is 18.2 Å². The Hall–Kier alpha value is -5.58. The number of phosphoric acid groups is 2. The van der Waals surface area contributed by atoms with Crippen molar-refractivity contribution in [3.63, 3.8) is 0 Å². The Kier molecular flexibility index (Phi) is 69.7. The predicted molar refractivity (Wildman–Crippen MR) is 417 cm³/mol. The fraction of sp³-hybridized carbons (Fsp3) is 0.614. The summed E-state index contributed by atoms with van der Waals surface area (Å²) in [5.41, 5.74) is 0. The second-order valence-corrected chi connectivity index (χ2v) is 27.7. The van der Waals surface area contributed by atoms with Gasteiger partial charge in [-0.1, -0.05) is 262 Å². The van der Waals surface area contributed by atoms with Crippen molar-refractivity contribution in [2.24, 2.45) is 0 Å². The Balaban J connectivity index is 5.47. The number of hydrogen-bond acceptors (Lipinski definition) is 15. The van der Waals surface area contributed by atoms with Gasteiger partial charge in [0.2, 0.25) is 0 Å². The number of carbonyl (C=O) groups excluding carboxylic acids is 4. The van der Waals surface area contributed by atoms with Crippen molar-refractivity contribution in [1.29, 1.82) is 0 Å². The van der Waals surface area contributed by atoms with Crippen LogP contribution in [0.1, 0.15) is 272 Å². The fourth-order valence-corrected chi connectivity index (χ4v) is 11.0. The third-order valence-corrected chi connectivity index (χ3v) is 17.1. The van der Waals surface area contributed by atoms with Gasteiger partial charge in [-0.25, -0.2) is 9.13 Å². The normalized spacial score (nSPS) is 14.9. The van der Waals surface area contributed by atoms with Gasteiger partial charge in [-0.05, 0) is 154 Å². The van der Waals surface area contributed by atoms with Crippen LogP contribution in [0, 0.1) is 0 Å². The minimum Gasteiger partial charge on any atom is -0.462 e. The van der Waals surface area contributed by atoms with Gasteiger partial charge in [0.1, 0.15) is 19.3 Å². The van der Waals surface area contributed by atoms with E-state index >= 15 is 0 Å². The molecule has 19 heteroatoms. The van der Waals surface area contributed by atoms with Crippen LogP contribution < -0.4 is 0 Å². The number of hydrogen-bond donors (Lipinski definition) is 3. The highest BCUT2D eigenvalue weighted by Crippen LogP contribution is 2.45. The Morgan fingerprint density at radius 2 is 0.569 bits per heavy atom. The number of aliphatic hydroxyl groups excluding tert-OH is 1. The molecule has 0 spiro atoms. The number of carbonyl (C=O) groups is 4. The minimum absolute atomic E-state index is 0.0312. The zero-order valence-electron chi connectivity index (χ0n) is 63.0. The molecule has 0 aromatic heterocycles. The van der Waals surface area contributed by atoms with E-state index in [-0.39, 0.29) is 25.7 Å². The van der Waals surface area contributed by atoms with Crippen LogP contribution in [0.2, 0.25) is 0 Å². The first-order valence-corrected chi connectivity index (χ1v) is 41.4. The van der Waals surface area contributed by atoms with Gasteiger partial charge in [-0.3, -0.25) is 37.3 Å². The zero-order valence-corrected chi connectivity index (χ0v) is 64.8. The molecule has 3 N–H and O–H groups in total. The summed E-state index contributed by atoms with van der Waals surface area (Å²) in [5.74, 6) is -2.42. The number of esters is 4. The smallest absolute Gasteiger partial charge is 0.462 e. The van der Waals surface area contributed by atoms with Crippen LogP contribution in [0.15, 0.2) is 170 Å². The van der Waals surface area contributed by atoms with Crippen LogP contribution in [0.3, 0.4) is 0 Å². The van der Waals surface area contributed by atoms with Gasteiger partial charge >= 0.3 is 39.5 Å². The molecule has 5 atom stereocenters. The van der Waals surface area contributed by atoms with Crippen LogP contribution in [0.5, 0.6) is 0 Å². The third kappa shape index (κ3) is 72.8. The van der Waals surface area contributed by atoms with Gasteiger partial charge in [0, 0.05) is 19.3 Å². The van der Waals surface area contributed by atoms with Crippen molar-refractivity contribution < 1.29 is 80.2 Å². The first-order chi connectivity index (χ1) is 49.7. The van der Waals surface area contributed by atoms with E-state index in [2.05, 4.69) is 174 Å². The van der Waals surface area contributed by atoms with E-state index in [0.717, 1.165) is 167 Å². The minimum atomic E-state index is -5.01. The van der Waals surface area contributed by atoms with Crippen LogP contribution >= 0.6 is 15.6 Å². The summed E-state index contributed by atoms with van der Waals surface area (Å²) in [6.07, 6.45) is 86.7. The monoisotopic (exact) mass is 1460 g/mol. The number of unbranched alkanes of at least 4 members (excludes halogenated alkanes) is 17. The van der Waals surface area contributed by atoms with Gasteiger partial charge in [-0.2, -0.15) is 0 Å². The van der Waals surface area contributed by atoms with Crippen molar-refractivity contribution in [3.8, 4) is 0 Å². The molecule has 0 bridgehead atoms. The van der Waals surface area contributed by atoms with Crippen LogP contribution in [0.4, 0.5) is 0 Å². The molecule has 0 saturated heterocycles. The summed E-state index contributed by atoms with van der Waals surface area (Å²) in [7, 11) is -10.0. The Morgan fingerprint density at radius 3 is 0.931 bits per heavy atom. The van der Waals surface area contributed by atoms with E-state index in [4.69, 9.17) is 37.0 Å². The molecule has 0 amide bonds. The maximum Gasteiger partial charge on any atom is 0.472 e. The van der Waals surface area contributed by atoms with E-state index in [9.17, 15) is 43.2 Å². The molecular formula is C83H134O17P2. The topological polar surface area (TPSA) is 237 Å². The highest BCUT2D eigenvalue weighted by molar-refractivity contribution is 7.47. The van der Waals surface area contributed by atoms with E-state index in [0.29, 0.717) is 32.1 Å². The standard InChI is InChI=1S/C83H134O17P2/c1-5-9-13-17-21-25-29-33-36-37-38-39-42-45-48-52-56-60-64-68-81(86)94-74-79(100-83(88)70-66-62-58-54-50-46-41-35-31-27-23-19-15-11-7-3)76-98-102(91,92)96-72-77(84)71-95-101(89,90)97-75-78(99-82(87)69-65-61-57-53-49-43-32-28-24-20-16-12-8-4)73-93-80(85)67-63-59-55-51-47-44-40-34-30-26-22-18-14-10-6-2/h10-11,14-16,20-23,25-28,32-36,38-41,47,50-51,54,59,63,77-79,84H,5-9,12-13,17-19,24,29-31,37,42-46,48-49,52-53,55-58,60-62,64-76H2,1-4H3,(H,89,90)(H,91,92)/b14-10-,15-11-,20-16-,25-21-,26-22-,27-23-,32-28-,36-33-,39-38-,40-34-,41-35-,51-47-,54-50-,63-59-. The first kappa shape index (κ1) is 96.4. The molecule has 0 aliphatic rings. The van der Waals surface area contributed by atoms with Crippen LogP contribution in [-0.4, -0.2) is 96.7 Å². The highest BCUT2D eigenvalue weighted by Gasteiger charge is 2.30. The summed E-state index contributed by atoms with van der Waals surface area (Å²) < 4.78 is 68.3. The molecule has 0 aromatic carbocycles. The molecule has 102 heavy (non-hydrogen) atoms. The molecule has 0 fully saturated rings. The second-order valence-electron chi connectivity index (χ2n) is 24.8. The molecule has 0 aliphatic carbocycles. The van der Waals surface area contributed by atoms with Gasteiger partial charge in [0.15, 0.2) is 12.2 Å². The number of allylic oxidation sites excluding steroid dienone is 27. The summed E-state index contributed by atoms with van der Waals surface area (Å²) in [4.78, 5) is 72.8. The zero-order chi connectivity index (χ0) is 74.6. The lowest BCUT2D eigenvalue weighted by Crippen LogP contribution is -2.30. The Bertz CT molecular complexity index is 2600. The molecular weight excluding hydrogens is 1330 g/mol. The van der Waals surface area contributed by atoms with Gasteiger partial charge in [0.25, 0.3) is 0 Å². The molecule has 0 saturated carbocycles. The lowest BCUT2D eigenvalue weighted by molar-refractivity contribution is -0.161. The van der Waals surface area contributed by atoms with Crippen molar-refractivity contribution in [3.05, 3.63) is 170 Å². The molecule has 0 rings (SSSR count). The summed E-state index contributed by atoms with van der Waals surface area (Å²) in [6.45, 7) is 4.33. The average molecular weight is 1470 g/mol. The summed E-state index contributed by atoms with van der Waals surface area (Å²) in [6, 6.07) is 0. The molecule has 0 heterocycles. The lowest BCUT2D eigenvalue weighted by Gasteiger charge is -2.21. The fourth-order valence-electron chi connectivity index (χ4n) is 9.39. The molecule has 0 radical (unpaired) electrons. The van der Waals surface area contributed by atoms with Crippen molar-refractivity contribution in [1.82, 2.24) is 0 Å². The van der Waals surface area contributed by atoms with Gasteiger partial charge < -0.3 is 33.8 Å². The van der Waals surface area contributed by atoms with E-state index in [1.54, 1.807) is 6.08 Å². The molecule has 5 unspecified atom stereocenters. The quantitative estimate of drug-likeness (QED) is 0.0169. The van der Waals surface area contributed by atoms with Crippen molar-refractivity contribution in [2.45, 2.75) is 290 Å². The largest absolute Gasteiger partial charge is 0.472 e. The van der Waals surface area contributed by atoms with Crippen molar-refractivity contribution in [2.75, 3.05) is 39.6 Å². The lowest BCUT2D eigenvalue weighted by atomic mass is 10.1. The number of aliphatic hydroxyl groups is 1. The van der Waals surface area contributed by atoms with Gasteiger partial charge in [-0.15, -0.1) is 0 Å².